The highest BCUT2D eigenvalue weighted by atomic mass is 16.3. The number of hydrogen-bond donors (Lipinski definition) is 0. The van der Waals surface area contributed by atoms with Crippen molar-refractivity contribution >= 4 is 39.0 Å². The molecular formula is C56H39NO. The number of rotatable bonds is 7. The highest BCUT2D eigenvalue weighted by Crippen LogP contribution is 2.58. The first-order chi connectivity index (χ1) is 28.8. The standard InChI is InChI=1S/C56H39NO/c1-4-16-39(17-5-1)41-28-32-47(33-29-41)57(48-34-30-42(31-35-48)40-18-6-2-7-19-40)52-37-46(38-54-55(52)50-25-13-15-27-53(50)58-54)56(44-21-8-3-9-22-44)45-23-11-10-20-43(36-45)49-24-12-14-26-51(49)56/h1,3-6,8-13,15-25,27-35,37-38H,14,26,36H2. The number of benzene rings is 6. The van der Waals surface area contributed by atoms with Crippen LogP contribution >= 0.6 is 0 Å². The molecule has 274 valence electrons. The van der Waals surface area contributed by atoms with Crippen LogP contribution in [0.5, 0.6) is 0 Å². The van der Waals surface area contributed by atoms with E-state index in [1.807, 2.05) is 12.1 Å². The zero-order valence-corrected chi connectivity index (χ0v) is 32.0. The third-order valence-corrected chi connectivity index (χ3v) is 12.2. The van der Waals surface area contributed by atoms with E-state index in [4.69, 9.17) is 4.42 Å². The number of allylic oxidation sites excluding steroid dienone is 10. The maximum absolute atomic E-state index is 6.94. The molecule has 1 atom stereocenters. The van der Waals surface area contributed by atoms with Gasteiger partial charge in [-0.2, -0.15) is 0 Å². The summed E-state index contributed by atoms with van der Waals surface area (Å²) in [5.41, 5.74) is 17.1. The summed E-state index contributed by atoms with van der Waals surface area (Å²) in [5, 5.41) is 2.19. The molecule has 0 saturated carbocycles. The lowest BCUT2D eigenvalue weighted by atomic mass is 9.56. The minimum absolute atomic E-state index is 0.511. The van der Waals surface area contributed by atoms with E-state index in [9.17, 15) is 0 Å². The predicted octanol–water partition coefficient (Wildman–Crippen LogP) is 14.7. The number of para-hydroxylation sites is 1. The second kappa shape index (κ2) is 14.0. The van der Waals surface area contributed by atoms with Crippen molar-refractivity contribution in [2.45, 2.75) is 24.7 Å². The van der Waals surface area contributed by atoms with Crippen LogP contribution in [0.1, 0.15) is 30.4 Å². The first-order valence-corrected chi connectivity index (χ1v) is 20.2. The fourth-order valence-corrected chi connectivity index (χ4v) is 9.65. The lowest BCUT2D eigenvalue weighted by Crippen LogP contribution is -2.37. The molecule has 0 saturated heterocycles. The van der Waals surface area contributed by atoms with E-state index < -0.39 is 5.41 Å². The second-order valence-corrected chi connectivity index (χ2v) is 15.4. The van der Waals surface area contributed by atoms with Gasteiger partial charge in [-0.25, -0.2) is 0 Å². The summed E-state index contributed by atoms with van der Waals surface area (Å²) in [6.45, 7) is 0. The van der Waals surface area contributed by atoms with Crippen LogP contribution in [0.3, 0.4) is 0 Å². The molecule has 8 aromatic rings. The van der Waals surface area contributed by atoms with Crippen molar-refractivity contribution in [2.75, 3.05) is 4.90 Å². The molecule has 0 fully saturated rings. The normalized spacial score (nSPS) is 17.0. The number of nitrogens with zero attached hydrogens (tertiary/aromatic N) is 1. The van der Waals surface area contributed by atoms with Gasteiger partial charge in [-0.05, 0) is 136 Å². The molecule has 0 spiro atoms. The van der Waals surface area contributed by atoms with Crippen molar-refractivity contribution in [3.8, 4) is 22.3 Å². The van der Waals surface area contributed by atoms with Gasteiger partial charge in [-0.15, -0.1) is 0 Å². The summed E-state index contributed by atoms with van der Waals surface area (Å²) < 4.78 is 6.94. The van der Waals surface area contributed by atoms with Gasteiger partial charge in [-0.3, -0.25) is 0 Å². The van der Waals surface area contributed by atoms with Gasteiger partial charge in [0.2, 0.25) is 0 Å². The molecule has 2 nitrogen and oxygen atoms in total. The molecule has 1 unspecified atom stereocenters. The van der Waals surface area contributed by atoms with Crippen molar-refractivity contribution in [2.24, 2.45) is 0 Å². The predicted molar refractivity (Wildman–Crippen MR) is 239 cm³/mol. The molecule has 3 aliphatic carbocycles. The van der Waals surface area contributed by atoms with E-state index in [1.165, 1.54) is 44.5 Å². The van der Waals surface area contributed by atoms with Crippen molar-refractivity contribution in [3.63, 3.8) is 0 Å². The molecule has 2 heteroatoms. The van der Waals surface area contributed by atoms with E-state index in [0.29, 0.717) is 0 Å². The van der Waals surface area contributed by atoms with Crippen LogP contribution < -0.4 is 4.90 Å². The third-order valence-electron chi connectivity index (χ3n) is 12.2. The second-order valence-electron chi connectivity index (χ2n) is 15.4. The molecule has 58 heavy (non-hydrogen) atoms. The quantitative estimate of drug-likeness (QED) is 0.162. The lowest BCUT2D eigenvalue weighted by Gasteiger charge is -2.46. The number of furan rings is 1. The van der Waals surface area contributed by atoms with Crippen LogP contribution in [0.2, 0.25) is 0 Å². The Kier molecular flexibility index (Phi) is 8.19. The highest BCUT2D eigenvalue weighted by Gasteiger charge is 2.47. The van der Waals surface area contributed by atoms with E-state index in [0.717, 1.165) is 69.4 Å². The van der Waals surface area contributed by atoms with Crippen LogP contribution in [0.4, 0.5) is 17.1 Å². The molecule has 1 heterocycles. The zero-order valence-electron chi connectivity index (χ0n) is 32.0. The Morgan fingerprint density at radius 1 is 0.586 bits per heavy atom. The molecule has 0 N–H and O–H groups in total. The minimum atomic E-state index is -0.511. The van der Waals surface area contributed by atoms with Gasteiger partial charge in [0.15, 0.2) is 0 Å². The van der Waals surface area contributed by atoms with Crippen LogP contribution in [0, 0.1) is 12.1 Å². The first-order valence-electron chi connectivity index (χ1n) is 20.2. The van der Waals surface area contributed by atoms with Gasteiger partial charge < -0.3 is 9.32 Å². The van der Waals surface area contributed by atoms with Gasteiger partial charge in [-0.1, -0.05) is 152 Å². The lowest BCUT2D eigenvalue weighted by molar-refractivity contribution is 0.617. The fraction of sp³-hybridized carbons (Fsp3) is 0.0714. The van der Waals surface area contributed by atoms with Crippen molar-refractivity contribution in [1.29, 1.82) is 0 Å². The minimum Gasteiger partial charge on any atom is -0.456 e. The molecule has 2 bridgehead atoms. The Morgan fingerprint density at radius 2 is 1.28 bits per heavy atom. The largest absolute Gasteiger partial charge is 0.456 e. The SMILES string of the molecule is c1ccc(-c2ccc(N(c3ccc(-c4ccccc4)cc3)c3cc(C4(c5ccccc5)C5=CC=CC=C(C5)C5=C4CCC=C5)cc4oc5ccccc5c34)cc2)cc#1. The van der Waals surface area contributed by atoms with Crippen LogP contribution in [0.15, 0.2) is 227 Å². The molecule has 3 aliphatic rings. The van der Waals surface area contributed by atoms with E-state index in [2.05, 4.69) is 205 Å². The van der Waals surface area contributed by atoms with Crippen molar-refractivity contribution < 1.29 is 4.42 Å². The van der Waals surface area contributed by atoms with Crippen LogP contribution in [0.25, 0.3) is 44.2 Å². The molecule has 1 aromatic heterocycles. The molecular weight excluding hydrogens is 703 g/mol. The topological polar surface area (TPSA) is 16.4 Å². The Morgan fingerprint density at radius 3 is 2.03 bits per heavy atom. The van der Waals surface area contributed by atoms with Crippen LogP contribution in [-0.2, 0) is 5.41 Å². The van der Waals surface area contributed by atoms with Gasteiger partial charge in [0.1, 0.15) is 11.2 Å². The van der Waals surface area contributed by atoms with Gasteiger partial charge in [0.25, 0.3) is 0 Å². The summed E-state index contributed by atoms with van der Waals surface area (Å²) in [6.07, 6.45) is 16.7. The summed E-state index contributed by atoms with van der Waals surface area (Å²) in [4.78, 5) is 2.43. The maximum atomic E-state index is 6.94. The smallest absolute Gasteiger partial charge is 0.137 e. The highest BCUT2D eigenvalue weighted by molar-refractivity contribution is 6.14. The molecule has 0 radical (unpaired) electrons. The zero-order chi connectivity index (χ0) is 38.5. The van der Waals surface area contributed by atoms with Gasteiger partial charge in [0.05, 0.1) is 16.5 Å². The molecule has 0 aliphatic heterocycles. The van der Waals surface area contributed by atoms with E-state index >= 15 is 0 Å². The molecule has 7 aromatic carbocycles. The first kappa shape index (κ1) is 34.0. The van der Waals surface area contributed by atoms with Gasteiger partial charge in [0, 0.05) is 16.8 Å². The molecule has 0 amide bonds. The summed E-state index contributed by atoms with van der Waals surface area (Å²) in [5.74, 6) is 0. The number of fused-ring (bicyclic) bond motifs is 6. The fourth-order valence-electron chi connectivity index (χ4n) is 9.65. The Balaban J connectivity index is 1.22. The maximum Gasteiger partial charge on any atom is 0.137 e. The Hall–Kier alpha value is -7.34. The van der Waals surface area contributed by atoms with Gasteiger partial charge >= 0.3 is 0 Å². The van der Waals surface area contributed by atoms with Crippen molar-refractivity contribution in [1.82, 2.24) is 0 Å². The summed E-state index contributed by atoms with van der Waals surface area (Å²) in [6, 6.07) is 65.2. The average Bonchev–Trinajstić information content (AvgIpc) is 3.54. The summed E-state index contributed by atoms with van der Waals surface area (Å²) >= 11 is 0. The third kappa shape index (κ3) is 5.51. The van der Waals surface area contributed by atoms with E-state index in [1.54, 1.807) is 0 Å². The monoisotopic (exact) mass is 741 g/mol. The Bertz CT molecular complexity index is 2900. The van der Waals surface area contributed by atoms with E-state index in [-0.39, 0.29) is 0 Å². The molecule has 11 rings (SSSR count). The number of hydrogen-bond acceptors (Lipinski definition) is 2. The summed E-state index contributed by atoms with van der Waals surface area (Å²) in [7, 11) is 0. The average molecular weight is 742 g/mol. The number of anilines is 3. The van der Waals surface area contributed by atoms with Crippen molar-refractivity contribution in [3.05, 3.63) is 246 Å². The van der Waals surface area contributed by atoms with Crippen LogP contribution in [-0.4, -0.2) is 0 Å². The Labute approximate surface area is 339 Å².